The van der Waals surface area contributed by atoms with Gasteiger partial charge in [-0.1, -0.05) is 37.3 Å². The van der Waals surface area contributed by atoms with Crippen LogP contribution >= 0.6 is 0 Å². The summed E-state index contributed by atoms with van der Waals surface area (Å²) < 4.78 is 0. The minimum Gasteiger partial charge on any atom is -0.305 e. The summed E-state index contributed by atoms with van der Waals surface area (Å²) in [6.45, 7) is 7.20. The molecule has 0 aliphatic carbocycles. The van der Waals surface area contributed by atoms with Crippen LogP contribution in [0.4, 0.5) is 0 Å². The normalized spacial score (nSPS) is 11.3. The van der Waals surface area contributed by atoms with Crippen LogP contribution in [0.15, 0.2) is 18.2 Å². The van der Waals surface area contributed by atoms with Crippen LogP contribution in [0.5, 0.6) is 0 Å². The van der Waals surface area contributed by atoms with Crippen LogP contribution in [-0.2, 0) is 13.1 Å². The third kappa shape index (κ3) is 4.17. The Kier molecular flexibility index (Phi) is 5.22. The molecule has 0 heterocycles. The highest BCUT2D eigenvalue weighted by Crippen LogP contribution is 2.08. The number of benzene rings is 1. The van der Waals surface area contributed by atoms with E-state index in [1.165, 1.54) is 16.6 Å². The summed E-state index contributed by atoms with van der Waals surface area (Å²) in [5.41, 5.74) is 4.45. The Bertz CT molecular complexity index is 331. The highest BCUT2D eigenvalue weighted by Gasteiger charge is 2.14. The van der Waals surface area contributed by atoms with Gasteiger partial charge in [0, 0.05) is 13.1 Å². The highest BCUT2D eigenvalue weighted by molar-refractivity contribution is 6.71. The van der Waals surface area contributed by atoms with Gasteiger partial charge in [-0.2, -0.15) is 0 Å². The van der Waals surface area contributed by atoms with Crippen molar-refractivity contribution in [2.75, 3.05) is 28.2 Å². The van der Waals surface area contributed by atoms with Crippen molar-refractivity contribution in [1.82, 2.24) is 9.80 Å². The quantitative estimate of drug-likeness (QED) is 0.714. The first kappa shape index (κ1) is 14.3. The lowest BCUT2D eigenvalue weighted by molar-refractivity contribution is 0.398. The molecule has 0 atom stereocenters. The summed E-state index contributed by atoms with van der Waals surface area (Å²) in [7, 11) is 8.51. The van der Waals surface area contributed by atoms with Crippen LogP contribution in [-0.4, -0.2) is 44.7 Å². The minimum absolute atomic E-state index is 0.584. The second kappa shape index (κ2) is 6.22. The molecule has 0 aliphatic heterocycles. The zero-order chi connectivity index (χ0) is 13.0. The second-order valence-corrected chi connectivity index (χ2v) is 5.62. The van der Waals surface area contributed by atoms with Gasteiger partial charge in [0.05, 0.1) is 0 Å². The molecule has 0 amide bonds. The second-order valence-electron chi connectivity index (χ2n) is 5.62. The van der Waals surface area contributed by atoms with Crippen LogP contribution in [0.25, 0.3) is 0 Å². The van der Waals surface area contributed by atoms with Gasteiger partial charge in [-0.15, -0.1) is 0 Å². The van der Waals surface area contributed by atoms with Crippen molar-refractivity contribution in [2.45, 2.75) is 26.7 Å². The van der Waals surface area contributed by atoms with Crippen LogP contribution in [0.3, 0.4) is 0 Å². The molecule has 0 saturated heterocycles. The molecule has 94 valence electrons. The first-order valence-electron chi connectivity index (χ1n) is 6.32. The van der Waals surface area contributed by atoms with Crippen molar-refractivity contribution in [3.8, 4) is 0 Å². The molecule has 0 bridgehead atoms. The zero-order valence-corrected chi connectivity index (χ0v) is 12.1. The summed E-state index contributed by atoms with van der Waals surface area (Å²) in [6, 6.07) is 6.70. The molecule has 0 N–H and O–H groups in total. The lowest BCUT2D eigenvalue weighted by Crippen LogP contribution is -2.34. The molecule has 0 aliphatic rings. The van der Waals surface area contributed by atoms with E-state index in [4.69, 9.17) is 0 Å². The largest absolute Gasteiger partial charge is 0.305 e. The van der Waals surface area contributed by atoms with Gasteiger partial charge in [-0.3, -0.25) is 0 Å². The van der Waals surface area contributed by atoms with Crippen molar-refractivity contribution < 1.29 is 0 Å². The third-order valence-corrected chi connectivity index (χ3v) is 2.84. The molecule has 0 unspecified atom stereocenters. The molecule has 0 aromatic heterocycles. The molecule has 0 radical (unpaired) electrons. The molecule has 2 nitrogen and oxygen atoms in total. The van der Waals surface area contributed by atoms with E-state index < -0.39 is 0 Å². The fraction of sp³-hybridized carbons (Fsp3) is 0.571. The molecule has 1 aromatic carbocycles. The number of rotatable bonds is 5. The molecular weight excluding hydrogens is 207 g/mol. The number of hydrogen-bond acceptors (Lipinski definition) is 2. The van der Waals surface area contributed by atoms with E-state index in [-0.39, 0.29) is 0 Å². The van der Waals surface area contributed by atoms with Crippen molar-refractivity contribution >= 4 is 12.2 Å². The maximum Gasteiger partial charge on any atom is 0.170 e. The van der Waals surface area contributed by atoms with E-state index in [0.717, 1.165) is 13.1 Å². The fourth-order valence-corrected chi connectivity index (χ4v) is 2.36. The SMILES string of the molecule is CB(C)c1c(CN(C)C)cccc1CN(C)C. The summed E-state index contributed by atoms with van der Waals surface area (Å²) in [4.78, 5) is 4.47. The van der Waals surface area contributed by atoms with Gasteiger partial charge in [0.2, 0.25) is 0 Å². The molecule has 1 rings (SSSR count). The van der Waals surface area contributed by atoms with Gasteiger partial charge in [0.15, 0.2) is 6.71 Å². The van der Waals surface area contributed by atoms with Gasteiger partial charge in [-0.05, 0) is 39.3 Å². The first-order valence-corrected chi connectivity index (χ1v) is 6.32. The Labute approximate surface area is 107 Å². The Morgan fingerprint density at radius 3 is 1.59 bits per heavy atom. The lowest BCUT2D eigenvalue weighted by Gasteiger charge is -2.21. The molecule has 0 saturated carbocycles. The van der Waals surface area contributed by atoms with Gasteiger partial charge in [0.25, 0.3) is 0 Å². The van der Waals surface area contributed by atoms with Crippen LogP contribution < -0.4 is 5.46 Å². The van der Waals surface area contributed by atoms with Gasteiger partial charge < -0.3 is 9.80 Å². The Balaban J connectivity index is 3.12. The standard InChI is InChI=1S/C14H25BN2/c1-15(2)14-12(10-16(3)4)8-7-9-13(14)11-17(5)6/h7-9H,10-11H2,1-6H3. The molecule has 3 heteroatoms. The molecular formula is C14H25BN2. The van der Waals surface area contributed by atoms with E-state index >= 15 is 0 Å². The third-order valence-electron chi connectivity index (χ3n) is 2.84. The highest BCUT2D eigenvalue weighted by atomic mass is 15.1. The van der Waals surface area contributed by atoms with Gasteiger partial charge in [0.1, 0.15) is 0 Å². The monoisotopic (exact) mass is 232 g/mol. The summed E-state index contributed by atoms with van der Waals surface area (Å²) >= 11 is 0. The van der Waals surface area contributed by atoms with E-state index in [0.29, 0.717) is 6.71 Å². The van der Waals surface area contributed by atoms with Crippen LogP contribution in [0, 0.1) is 0 Å². The molecule has 0 fully saturated rings. The average Bonchev–Trinajstić information content (AvgIpc) is 2.14. The predicted molar refractivity (Wildman–Crippen MR) is 78.3 cm³/mol. The van der Waals surface area contributed by atoms with Gasteiger partial charge >= 0.3 is 0 Å². The minimum atomic E-state index is 0.584. The Hall–Kier alpha value is -0.795. The summed E-state index contributed by atoms with van der Waals surface area (Å²) in [6.07, 6.45) is 0. The van der Waals surface area contributed by atoms with E-state index in [1.54, 1.807) is 0 Å². The van der Waals surface area contributed by atoms with E-state index in [1.807, 2.05) is 0 Å². The maximum absolute atomic E-state index is 2.29. The van der Waals surface area contributed by atoms with Crippen LogP contribution in [0.2, 0.25) is 13.6 Å². The lowest BCUT2D eigenvalue weighted by atomic mass is 9.47. The van der Waals surface area contributed by atoms with Crippen molar-refractivity contribution in [3.05, 3.63) is 29.3 Å². The summed E-state index contributed by atoms with van der Waals surface area (Å²) in [5.74, 6) is 0. The number of nitrogens with zero attached hydrogens (tertiary/aromatic N) is 2. The smallest absolute Gasteiger partial charge is 0.170 e. The van der Waals surface area contributed by atoms with Crippen molar-refractivity contribution in [3.63, 3.8) is 0 Å². The summed E-state index contributed by atoms with van der Waals surface area (Å²) in [5, 5.41) is 0. The van der Waals surface area contributed by atoms with Crippen molar-refractivity contribution in [2.24, 2.45) is 0 Å². The zero-order valence-electron chi connectivity index (χ0n) is 12.1. The number of hydrogen-bond donors (Lipinski definition) is 0. The topological polar surface area (TPSA) is 6.48 Å². The average molecular weight is 232 g/mol. The Morgan fingerprint density at radius 1 is 0.882 bits per heavy atom. The van der Waals surface area contributed by atoms with Crippen molar-refractivity contribution in [1.29, 1.82) is 0 Å². The first-order chi connectivity index (χ1) is 7.91. The molecule has 0 spiro atoms. The van der Waals surface area contributed by atoms with E-state index in [2.05, 4.69) is 69.8 Å². The Morgan fingerprint density at radius 2 is 1.29 bits per heavy atom. The predicted octanol–water partition coefficient (Wildman–Crippen LogP) is 1.77. The van der Waals surface area contributed by atoms with E-state index in [9.17, 15) is 0 Å². The molecule has 17 heavy (non-hydrogen) atoms. The maximum atomic E-state index is 2.29. The van der Waals surface area contributed by atoms with Crippen LogP contribution in [0.1, 0.15) is 11.1 Å². The van der Waals surface area contributed by atoms with Gasteiger partial charge in [-0.25, -0.2) is 0 Å². The molecule has 1 aromatic rings. The fourth-order valence-electron chi connectivity index (χ4n) is 2.36.